The van der Waals surface area contributed by atoms with Crippen LogP contribution in [-0.2, 0) is 26.0 Å². The summed E-state index contributed by atoms with van der Waals surface area (Å²) in [6.07, 6.45) is -0.739. The van der Waals surface area contributed by atoms with Crippen molar-refractivity contribution in [2.45, 2.75) is 49.5 Å². The molecule has 0 aromatic heterocycles. The summed E-state index contributed by atoms with van der Waals surface area (Å²) in [5.41, 5.74) is 2.35. The minimum atomic E-state index is -4.19. The lowest BCUT2D eigenvalue weighted by Crippen LogP contribution is -2.76. The third-order valence-corrected chi connectivity index (χ3v) is 9.68. The van der Waals surface area contributed by atoms with Crippen molar-refractivity contribution >= 4 is 50.7 Å². The molecular weight excluding hydrogens is 553 g/mol. The predicted molar refractivity (Wildman–Crippen MR) is 143 cm³/mol. The fraction of sp³-hybridized carbons (Fsp3) is 0.440. The van der Waals surface area contributed by atoms with Gasteiger partial charge in [-0.1, -0.05) is 35.3 Å². The second-order valence-corrected chi connectivity index (χ2v) is 12.7. The first kappa shape index (κ1) is 28.8. The van der Waals surface area contributed by atoms with Gasteiger partial charge in [-0.25, -0.2) is 13.6 Å². The number of nitrogens with two attached hydrogens (primary N) is 1. The van der Waals surface area contributed by atoms with E-state index >= 15 is 0 Å². The molecule has 0 aliphatic carbocycles. The average Bonchev–Trinajstić information content (AvgIpc) is 2.85. The highest BCUT2D eigenvalue weighted by molar-refractivity contribution is 7.89. The van der Waals surface area contributed by atoms with E-state index in [0.717, 1.165) is 11.0 Å². The average molecular weight is 586 g/mol. The summed E-state index contributed by atoms with van der Waals surface area (Å²) < 4.78 is 29.4. The fourth-order valence-electron chi connectivity index (χ4n) is 5.01. The van der Waals surface area contributed by atoms with Gasteiger partial charge in [0.25, 0.3) is 0 Å². The number of halogens is 2. The molecule has 0 radical (unpaired) electrons. The van der Waals surface area contributed by atoms with E-state index in [1.54, 1.807) is 48.2 Å². The minimum absolute atomic E-state index is 0.0210. The molecule has 3 unspecified atom stereocenters. The Labute approximate surface area is 232 Å². The second kappa shape index (κ2) is 11.1. The van der Waals surface area contributed by atoms with Crippen molar-refractivity contribution in [3.8, 4) is 0 Å². The lowest BCUT2D eigenvalue weighted by atomic mass is 9.96. The molecule has 2 aromatic rings. The van der Waals surface area contributed by atoms with Gasteiger partial charge in [-0.05, 0) is 51.7 Å². The van der Waals surface area contributed by atoms with E-state index in [0.29, 0.717) is 10.7 Å². The molecule has 2 saturated heterocycles. The number of likely N-dealkylation sites (N-methyl/N-ethyl adjacent to an activating group) is 1. The summed E-state index contributed by atoms with van der Waals surface area (Å²) >= 11 is 12.4. The number of carbonyl (C=O) groups is 2. The van der Waals surface area contributed by atoms with Gasteiger partial charge in [-0.3, -0.25) is 14.5 Å². The smallest absolute Gasteiger partial charge is 0.246 e. The quantitative estimate of drug-likeness (QED) is 0.376. The highest BCUT2D eigenvalue weighted by atomic mass is 35.5. The number of carbonyl (C=O) groups excluding carboxylic acids is 2. The molecule has 4 rings (SSSR count). The zero-order valence-corrected chi connectivity index (χ0v) is 23.9. The summed E-state index contributed by atoms with van der Waals surface area (Å²) in [4.78, 5) is 32.2. The lowest BCUT2D eigenvalue weighted by Gasteiger charge is -2.54. The van der Waals surface area contributed by atoms with Crippen LogP contribution in [0.1, 0.15) is 19.4 Å². The number of quaternary nitrogens is 1. The van der Waals surface area contributed by atoms with Crippen LogP contribution in [0.5, 0.6) is 0 Å². The fourth-order valence-corrected chi connectivity index (χ4v) is 7.34. The van der Waals surface area contributed by atoms with Crippen LogP contribution in [0.15, 0.2) is 47.4 Å². The first-order valence-corrected chi connectivity index (χ1v) is 14.4. The van der Waals surface area contributed by atoms with Crippen molar-refractivity contribution in [2.75, 3.05) is 27.2 Å². The molecule has 13 heteroatoms. The van der Waals surface area contributed by atoms with Crippen LogP contribution in [0, 0.1) is 0 Å². The molecule has 2 amide bonds. The zero-order valence-electron chi connectivity index (χ0n) is 21.6. The minimum Gasteiger partial charge on any atom is -0.335 e. The van der Waals surface area contributed by atoms with Crippen molar-refractivity contribution in [3.63, 3.8) is 0 Å². The van der Waals surface area contributed by atoms with Crippen molar-refractivity contribution in [3.05, 3.63) is 58.1 Å². The van der Waals surface area contributed by atoms with E-state index in [9.17, 15) is 23.2 Å². The number of hydrogen-bond acceptors (Lipinski definition) is 6. The number of fused-ring (bicyclic) bond motifs is 1. The first-order valence-electron chi connectivity index (χ1n) is 12.2. The number of sulfonamides is 1. The Morgan fingerprint density at radius 2 is 1.71 bits per heavy atom. The third-order valence-electron chi connectivity index (χ3n) is 7.09. The van der Waals surface area contributed by atoms with Crippen LogP contribution in [0.3, 0.4) is 0 Å². The van der Waals surface area contributed by atoms with Crippen molar-refractivity contribution in [1.29, 1.82) is 0 Å². The molecular formula is C25H32Cl2N5O5S+. The molecule has 3 N–H and O–H groups in total. The third kappa shape index (κ3) is 5.29. The SMILES string of the molecule is CC(C)N1CC2N(C(=O)C(N(C)C)CN2S(=O)(=O)c2ccc(Cl)cc2Cl)C(Cc2ccc([NH2+]O)cc2)C1=O. The van der Waals surface area contributed by atoms with Gasteiger partial charge in [0, 0.05) is 36.2 Å². The Morgan fingerprint density at radius 1 is 1.05 bits per heavy atom. The Kier molecular flexibility index (Phi) is 8.39. The molecule has 206 valence electrons. The second-order valence-electron chi connectivity index (χ2n) is 10.0. The lowest BCUT2D eigenvalue weighted by molar-refractivity contribution is -0.825. The van der Waals surface area contributed by atoms with E-state index in [1.165, 1.54) is 27.4 Å². The van der Waals surface area contributed by atoms with E-state index in [1.807, 2.05) is 13.8 Å². The first-order chi connectivity index (χ1) is 17.9. The van der Waals surface area contributed by atoms with Crippen LogP contribution in [0.4, 0.5) is 5.69 Å². The standard InChI is InChI=1S/C25H31Cl2N5O5S/c1-15(2)30-14-23-31(38(36,37)22-10-7-17(26)12-19(22)27)13-21(29(3)4)25(34)32(23)20(24(30)33)11-16-5-8-18(28-35)9-6-16/h5-10,12,15,20-21,23,28,35H,11,13-14H2,1-4H3/p+1. The van der Waals surface area contributed by atoms with Crippen molar-refractivity contribution in [1.82, 2.24) is 19.0 Å². The number of hydrogen-bond donors (Lipinski definition) is 2. The van der Waals surface area contributed by atoms with Crippen molar-refractivity contribution in [2.24, 2.45) is 0 Å². The van der Waals surface area contributed by atoms with Gasteiger partial charge in [0.05, 0.1) is 11.6 Å². The Hall–Kier alpha value is -2.25. The molecule has 0 spiro atoms. The number of amides is 2. The molecule has 2 fully saturated rings. The molecule has 2 heterocycles. The maximum atomic E-state index is 14.1. The van der Waals surface area contributed by atoms with Crippen LogP contribution >= 0.6 is 23.2 Å². The van der Waals surface area contributed by atoms with E-state index in [4.69, 9.17) is 23.2 Å². The van der Waals surface area contributed by atoms with E-state index in [2.05, 4.69) is 0 Å². The number of nitrogens with zero attached hydrogens (tertiary/aromatic N) is 4. The number of rotatable bonds is 7. The molecule has 0 bridgehead atoms. The molecule has 10 nitrogen and oxygen atoms in total. The summed E-state index contributed by atoms with van der Waals surface area (Å²) in [6.45, 7) is 3.65. The molecule has 3 atom stereocenters. The van der Waals surface area contributed by atoms with Gasteiger partial charge in [0.2, 0.25) is 21.8 Å². The van der Waals surface area contributed by atoms with Crippen LogP contribution < -0.4 is 5.48 Å². The van der Waals surface area contributed by atoms with Gasteiger partial charge in [-0.2, -0.15) is 9.79 Å². The summed E-state index contributed by atoms with van der Waals surface area (Å²) in [5.74, 6) is -0.556. The highest BCUT2D eigenvalue weighted by Crippen LogP contribution is 2.35. The van der Waals surface area contributed by atoms with Crippen LogP contribution in [0.2, 0.25) is 10.0 Å². The maximum absolute atomic E-state index is 14.1. The van der Waals surface area contributed by atoms with Gasteiger partial charge in [0.15, 0.2) is 5.69 Å². The number of benzene rings is 2. The van der Waals surface area contributed by atoms with Gasteiger partial charge in [-0.15, -0.1) is 0 Å². The van der Waals surface area contributed by atoms with Gasteiger partial charge < -0.3 is 9.80 Å². The number of piperazine rings is 1. The Morgan fingerprint density at radius 3 is 2.26 bits per heavy atom. The maximum Gasteiger partial charge on any atom is 0.246 e. The molecule has 2 aliphatic rings. The van der Waals surface area contributed by atoms with Gasteiger partial charge in [0.1, 0.15) is 23.1 Å². The largest absolute Gasteiger partial charge is 0.335 e. The van der Waals surface area contributed by atoms with Gasteiger partial charge >= 0.3 is 0 Å². The molecule has 2 aromatic carbocycles. The van der Waals surface area contributed by atoms with Crippen LogP contribution in [-0.4, -0.2) is 95.9 Å². The summed E-state index contributed by atoms with van der Waals surface area (Å²) in [5, 5.41) is 9.55. The van der Waals surface area contributed by atoms with E-state index in [-0.39, 0.29) is 47.3 Å². The van der Waals surface area contributed by atoms with E-state index < -0.39 is 28.3 Å². The zero-order chi connectivity index (χ0) is 27.9. The normalized spacial score (nSPS) is 22.9. The molecule has 2 aliphatic heterocycles. The Balaban J connectivity index is 1.83. The topological polar surface area (TPSA) is 118 Å². The monoisotopic (exact) mass is 584 g/mol. The molecule has 38 heavy (non-hydrogen) atoms. The summed E-state index contributed by atoms with van der Waals surface area (Å²) in [6, 6.07) is 9.21. The molecule has 0 saturated carbocycles. The highest BCUT2D eigenvalue weighted by Gasteiger charge is 2.54. The van der Waals surface area contributed by atoms with Crippen LogP contribution in [0.25, 0.3) is 0 Å². The van der Waals surface area contributed by atoms with Crippen molar-refractivity contribution < 1.29 is 28.7 Å². The predicted octanol–water partition coefficient (Wildman–Crippen LogP) is 1.53. The summed E-state index contributed by atoms with van der Waals surface area (Å²) in [7, 11) is -0.784. The Bertz CT molecular complexity index is 1320.